The van der Waals surface area contributed by atoms with Crippen LogP contribution in [0.15, 0.2) is 4.99 Å². The zero-order chi connectivity index (χ0) is 20.4. The lowest BCUT2D eigenvalue weighted by atomic mass is 9.64. The van der Waals surface area contributed by atoms with Gasteiger partial charge in [0.15, 0.2) is 0 Å². The van der Waals surface area contributed by atoms with Crippen LogP contribution in [0.1, 0.15) is 52.4 Å². The Morgan fingerprint density at radius 2 is 1.93 bits per heavy atom. The summed E-state index contributed by atoms with van der Waals surface area (Å²) in [6.07, 6.45) is 6.92. The standard InChI is InChI=1S/C23H39N3O3/c1-4-20(24-9-6-7-11-28-3)21-18-14-26(15-19(18)21)17-12-23(13-17)8-10-25(16-23)22(27)29-5-2/h17-19,21H,4-16H2,1-3H3/t17?,18-,19+,21?,23?. The number of hydrogen-bond acceptors (Lipinski definition) is 5. The zero-order valence-corrected chi connectivity index (χ0v) is 18.6. The Hall–Kier alpha value is -1.14. The Balaban J connectivity index is 1.19. The minimum absolute atomic E-state index is 0.119. The van der Waals surface area contributed by atoms with Gasteiger partial charge in [-0.1, -0.05) is 6.92 Å². The third-order valence-electron chi connectivity index (χ3n) is 7.86. The van der Waals surface area contributed by atoms with Crippen molar-refractivity contribution in [3.8, 4) is 0 Å². The van der Waals surface area contributed by atoms with Gasteiger partial charge in [-0.25, -0.2) is 4.79 Å². The van der Waals surface area contributed by atoms with E-state index in [-0.39, 0.29) is 6.09 Å². The van der Waals surface area contributed by atoms with E-state index in [1.165, 1.54) is 31.6 Å². The van der Waals surface area contributed by atoms with Gasteiger partial charge in [-0.05, 0) is 62.7 Å². The summed E-state index contributed by atoms with van der Waals surface area (Å²) < 4.78 is 10.3. The van der Waals surface area contributed by atoms with Gasteiger partial charge >= 0.3 is 6.09 Å². The maximum atomic E-state index is 12.0. The Morgan fingerprint density at radius 1 is 1.17 bits per heavy atom. The minimum atomic E-state index is -0.119. The number of ether oxygens (including phenoxy) is 2. The molecule has 1 spiro atoms. The maximum Gasteiger partial charge on any atom is 0.409 e. The predicted molar refractivity (Wildman–Crippen MR) is 114 cm³/mol. The van der Waals surface area contributed by atoms with E-state index < -0.39 is 0 Å². The van der Waals surface area contributed by atoms with Gasteiger partial charge in [0.05, 0.1) is 6.61 Å². The van der Waals surface area contributed by atoms with E-state index in [0.29, 0.717) is 12.0 Å². The summed E-state index contributed by atoms with van der Waals surface area (Å²) in [5, 5.41) is 0. The molecule has 2 aliphatic carbocycles. The average Bonchev–Trinajstić information content (AvgIpc) is 3.05. The Morgan fingerprint density at radius 3 is 2.59 bits per heavy atom. The van der Waals surface area contributed by atoms with E-state index in [2.05, 4.69) is 11.8 Å². The number of piperidine rings is 1. The lowest BCUT2D eigenvalue weighted by Crippen LogP contribution is -2.52. The van der Waals surface area contributed by atoms with Gasteiger partial charge in [0.1, 0.15) is 0 Å². The molecule has 0 aromatic heterocycles. The molecule has 2 saturated heterocycles. The first kappa shape index (κ1) is 21.1. The normalized spacial score (nSPS) is 36.4. The SMILES string of the molecule is CCOC(=O)N1CCC2(CC(N3C[C@@H]4C(C(CC)=NCCCCOC)[C@@H]4C3)C2)C1. The Labute approximate surface area is 176 Å². The fraction of sp³-hybridized carbons (Fsp3) is 0.913. The van der Waals surface area contributed by atoms with E-state index in [1.54, 1.807) is 7.11 Å². The number of methoxy groups -OCH3 is 1. The summed E-state index contributed by atoms with van der Waals surface area (Å²) in [6, 6.07) is 0.738. The number of amides is 1. The lowest BCUT2D eigenvalue weighted by molar-refractivity contribution is 0.0116. The number of unbranched alkanes of at least 4 members (excludes halogenated alkanes) is 1. The van der Waals surface area contributed by atoms with Crippen molar-refractivity contribution < 1.29 is 14.3 Å². The first-order chi connectivity index (χ1) is 14.1. The van der Waals surface area contributed by atoms with Gasteiger partial charge in [-0.2, -0.15) is 0 Å². The molecule has 2 heterocycles. The van der Waals surface area contributed by atoms with Crippen molar-refractivity contribution in [3.63, 3.8) is 0 Å². The molecule has 4 rings (SSSR count). The fourth-order valence-corrected chi connectivity index (χ4v) is 6.22. The zero-order valence-electron chi connectivity index (χ0n) is 18.6. The fourth-order valence-electron chi connectivity index (χ4n) is 6.22. The molecule has 2 saturated carbocycles. The van der Waals surface area contributed by atoms with Gasteiger partial charge in [0.2, 0.25) is 0 Å². The number of rotatable bonds is 9. The van der Waals surface area contributed by atoms with E-state index in [1.807, 2.05) is 11.8 Å². The number of nitrogens with zero attached hydrogens (tertiary/aromatic N) is 3. The molecule has 3 atom stereocenters. The van der Waals surface area contributed by atoms with Crippen LogP contribution < -0.4 is 0 Å². The first-order valence-corrected chi connectivity index (χ1v) is 11.8. The molecule has 2 aliphatic heterocycles. The van der Waals surface area contributed by atoms with Crippen LogP contribution >= 0.6 is 0 Å². The van der Waals surface area contributed by atoms with Crippen molar-refractivity contribution >= 4 is 11.8 Å². The number of carbonyl (C=O) groups is 1. The molecule has 4 fully saturated rings. The second kappa shape index (κ2) is 8.93. The molecular formula is C23H39N3O3. The largest absolute Gasteiger partial charge is 0.450 e. The average molecular weight is 406 g/mol. The molecule has 0 aromatic carbocycles. The highest BCUT2D eigenvalue weighted by atomic mass is 16.6. The molecule has 4 aliphatic rings. The van der Waals surface area contributed by atoms with Crippen LogP contribution in [0.3, 0.4) is 0 Å². The van der Waals surface area contributed by atoms with E-state index >= 15 is 0 Å². The molecule has 6 heteroatoms. The molecule has 0 bridgehead atoms. The highest BCUT2D eigenvalue weighted by Gasteiger charge is 2.60. The third kappa shape index (κ3) is 4.34. The summed E-state index contributed by atoms with van der Waals surface area (Å²) in [5.41, 5.74) is 1.85. The number of hydrogen-bond donors (Lipinski definition) is 0. The first-order valence-electron chi connectivity index (χ1n) is 11.8. The van der Waals surface area contributed by atoms with Crippen molar-refractivity contribution in [2.24, 2.45) is 28.2 Å². The molecule has 1 unspecified atom stereocenters. The third-order valence-corrected chi connectivity index (χ3v) is 7.86. The predicted octanol–water partition coefficient (Wildman–Crippen LogP) is 3.45. The van der Waals surface area contributed by atoms with Gasteiger partial charge in [0.25, 0.3) is 0 Å². The van der Waals surface area contributed by atoms with Crippen molar-refractivity contribution in [2.45, 2.75) is 58.4 Å². The Kier molecular flexibility index (Phi) is 6.50. The summed E-state index contributed by atoms with van der Waals surface area (Å²) in [5.74, 6) is 2.46. The van der Waals surface area contributed by atoms with Crippen molar-refractivity contribution in [1.82, 2.24) is 9.80 Å². The van der Waals surface area contributed by atoms with E-state index in [4.69, 9.17) is 14.5 Å². The maximum absolute atomic E-state index is 12.0. The highest BCUT2D eigenvalue weighted by molar-refractivity contribution is 5.89. The quantitative estimate of drug-likeness (QED) is 0.435. The summed E-state index contributed by atoms with van der Waals surface area (Å²) >= 11 is 0. The van der Waals surface area contributed by atoms with Crippen LogP contribution in [0, 0.1) is 23.2 Å². The summed E-state index contributed by atoms with van der Waals surface area (Å²) in [7, 11) is 1.77. The minimum Gasteiger partial charge on any atom is -0.450 e. The van der Waals surface area contributed by atoms with Gasteiger partial charge in [-0.15, -0.1) is 0 Å². The number of likely N-dealkylation sites (tertiary alicyclic amines) is 2. The number of carbonyl (C=O) groups excluding carboxylic acids is 1. The monoisotopic (exact) mass is 405 g/mol. The van der Waals surface area contributed by atoms with Gasteiger partial charge in [-0.3, -0.25) is 9.89 Å². The lowest BCUT2D eigenvalue weighted by Gasteiger charge is -2.49. The van der Waals surface area contributed by atoms with Crippen molar-refractivity contribution in [1.29, 1.82) is 0 Å². The molecule has 0 radical (unpaired) electrons. The van der Waals surface area contributed by atoms with Gasteiger partial charge < -0.3 is 14.4 Å². The van der Waals surface area contributed by atoms with E-state index in [0.717, 1.165) is 75.7 Å². The molecule has 0 N–H and O–H groups in total. The molecule has 29 heavy (non-hydrogen) atoms. The van der Waals surface area contributed by atoms with Crippen molar-refractivity contribution in [3.05, 3.63) is 0 Å². The van der Waals surface area contributed by atoms with Crippen molar-refractivity contribution in [2.75, 3.05) is 53.0 Å². The Bertz CT molecular complexity index is 604. The van der Waals surface area contributed by atoms with Crippen LogP contribution in [0.5, 0.6) is 0 Å². The number of aliphatic imine (C=N–C) groups is 1. The molecule has 164 valence electrons. The topological polar surface area (TPSA) is 54.4 Å². The smallest absolute Gasteiger partial charge is 0.409 e. The van der Waals surface area contributed by atoms with E-state index in [9.17, 15) is 4.79 Å². The summed E-state index contributed by atoms with van der Waals surface area (Å²) in [6.45, 7) is 10.7. The highest BCUT2D eigenvalue weighted by Crippen LogP contribution is 2.57. The van der Waals surface area contributed by atoms with Crippen LogP contribution in [-0.4, -0.2) is 80.7 Å². The molecular weight excluding hydrogens is 366 g/mol. The van der Waals surface area contributed by atoms with Crippen LogP contribution in [0.2, 0.25) is 0 Å². The second-order valence-electron chi connectivity index (χ2n) is 9.67. The molecule has 6 nitrogen and oxygen atoms in total. The second-order valence-corrected chi connectivity index (χ2v) is 9.67. The molecule has 0 aromatic rings. The van der Waals surface area contributed by atoms with Crippen LogP contribution in [-0.2, 0) is 9.47 Å². The van der Waals surface area contributed by atoms with Crippen LogP contribution in [0.25, 0.3) is 0 Å². The number of fused-ring (bicyclic) bond motifs is 1. The molecule has 1 amide bonds. The van der Waals surface area contributed by atoms with Gasteiger partial charge in [0, 0.05) is 64.1 Å². The van der Waals surface area contributed by atoms with Crippen LogP contribution in [0.4, 0.5) is 4.79 Å². The summed E-state index contributed by atoms with van der Waals surface area (Å²) in [4.78, 5) is 21.6.